The number of β-amino-alcohol motifs (C(OH)–C–C–N with tert-alkyl or cyclic N) is 1. The van der Waals surface area contributed by atoms with Crippen molar-refractivity contribution in [2.75, 3.05) is 145 Å². The van der Waals surface area contributed by atoms with Crippen molar-refractivity contribution in [2.24, 2.45) is 0 Å². The van der Waals surface area contributed by atoms with Crippen LogP contribution in [0, 0.1) is 6.92 Å². The van der Waals surface area contributed by atoms with Crippen LogP contribution in [0.4, 0.5) is 11.6 Å². The number of hydrogen-bond acceptors (Lipinski definition) is 24. The lowest BCUT2D eigenvalue weighted by Gasteiger charge is -2.28. The van der Waals surface area contributed by atoms with Crippen molar-refractivity contribution in [3.05, 3.63) is 335 Å². The molecule has 0 amide bonds. The smallest absolute Gasteiger partial charge is 0.247 e. The van der Waals surface area contributed by atoms with Gasteiger partial charge in [0, 0.05) is 102 Å². The Morgan fingerprint density at radius 3 is 1.40 bits per heavy atom. The molecule has 9 aromatic heterocycles. The fourth-order valence-electron chi connectivity index (χ4n) is 17.5. The number of ether oxygens (including phenoxy) is 8. The van der Waals surface area contributed by atoms with Gasteiger partial charge in [0.15, 0.2) is 40.1 Å². The monoisotopic (exact) mass is 1880 g/mol. The Kier molecular flexibility index (Phi) is 33.0. The summed E-state index contributed by atoms with van der Waals surface area (Å²) in [6.07, 6.45) is 6.62. The van der Waals surface area contributed by atoms with Crippen LogP contribution < -0.4 is 43.8 Å². The number of hydrogen-bond donors (Lipinski definition) is 3. The van der Waals surface area contributed by atoms with E-state index in [2.05, 4.69) is 135 Å². The highest BCUT2D eigenvalue weighted by Crippen LogP contribution is 2.34. The zero-order valence-electron chi connectivity index (χ0n) is 80.2. The van der Waals surface area contributed by atoms with E-state index in [1.54, 1.807) is 39.8 Å². The maximum absolute atomic E-state index is 10.3. The predicted octanol–water partition coefficient (Wildman–Crippen LogP) is 19.2. The molecule has 139 heavy (non-hydrogen) atoms. The van der Waals surface area contributed by atoms with Crippen molar-refractivity contribution in [2.45, 2.75) is 77.9 Å². The number of thiophene rings is 1. The molecule has 3 aliphatic rings. The molecular weight excluding hydrogens is 1760 g/mol. The van der Waals surface area contributed by atoms with E-state index >= 15 is 0 Å². The van der Waals surface area contributed by atoms with Gasteiger partial charge in [-0.25, -0.2) is 33.0 Å². The number of nitrogens with one attached hydrogen (secondary N) is 2. The van der Waals surface area contributed by atoms with E-state index in [0.29, 0.717) is 45.0 Å². The molecule has 27 nitrogen and oxygen atoms in total. The van der Waals surface area contributed by atoms with Gasteiger partial charge in [-0.05, 0) is 294 Å². The van der Waals surface area contributed by atoms with Gasteiger partial charge in [0.05, 0.1) is 70.5 Å². The van der Waals surface area contributed by atoms with Crippen LogP contribution >= 0.6 is 11.3 Å². The molecule has 716 valence electrons. The predicted molar refractivity (Wildman–Crippen MR) is 550 cm³/mol. The number of aliphatic hydroxyl groups excluding tert-OH is 1. The summed E-state index contributed by atoms with van der Waals surface area (Å²) in [4.78, 5) is 30.9. The number of morpholine rings is 1. The van der Waals surface area contributed by atoms with E-state index in [1.807, 2.05) is 224 Å². The molecule has 28 heteroatoms. The van der Waals surface area contributed by atoms with Crippen LogP contribution in [0.15, 0.2) is 286 Å². The number of rotatable bonds is 37. The zero-order chi connectivity index (χ0) is 95.6. The first-order valence-corrected chi connectivity index (χ1v) is 48.7. The van der Waals surface area contributed by atoms with Gasteiger partial charge in [-0.3, -0.25) is 9.80 Å². The van der Waals surface area contributed by atoms with Crippen LogP contribution in [0.3, 0.4) is 0 Å². The van der Waals surface area contributed by atoms with E-state index in [1.165, 1.54) is 59.7 Å². The molecule has 3 N–H and O–H groups in total. The number of anilines is 2. The number of likely N-dealkylation sites (N-methyl/N-ethyl adjacent to an activating group) is 1. The number of benzene rings is 8. The minimum Gasteiger partial charge on any atom is -0.497 e. The van der Waals surface area contributed by atoms with Crippen molar-refractivity contribution in [1.29, 1.82) is 0 Å². The fraction of sp³-hybridized carbons (Fsp3) is 0.297. The number of aliphatic hydroxyl groups is 1. The third-order valence-corrected chi connectivity index (χ3v) is 26.3. The zero-order valence-corrected chi connectivity index (χ0v) is 81.0. The van der Waals surface area contributed by atoms with Crippen molar-refractivity contribution in [1.82, 2.24) is 83.3 Å². The normalized spacial score (nSPS) is 13.8. The Labute approximate surface area is 816 Å². The molecule has 3 saturated heterocycles. The van der Waals surface area contributed by atoms with Gasteiger partial charge in [0.1, 0.15) is 66.2 Å². The van der Waals surface area contributed by atoms with Gasteiger partial charge >= 0.3 is 0 Å². The molecule has 3 aliphatic heterocycles. The average molecular weight is 1880 g/mol. The van der Waals surface area contributed by atoms with Crippen molar-refractivity contribution < 1.29 is 43.0 Å². The van der Waals surface area contributed by atoms with Crippen LogP contribution in [0.5, 0.6) is 40.2 Å². The summed E-state index contributed by atoms with van der Waals surface area (Å²) in [5.41, 5.74) is 18.0. The molecule has 3 fully saturated rings. The van der Waals surface area contributed by atoms with Crippen molar-refractivity contribution >= 4 is 51.3 Å². The second-order valence-electron chi connectivity index (χ2n) is 34.5. The molecule has 20 rings (SSSR count). The number of likely N-dealkylation sites (tertiary alicyclic amines) is 2. The van der Waals surface area contributed by atoms with Gasteiger partial charge in [0.25, 0.3) is 0 Å². The molecule has 0 saturated carbocycles. The molecule has 0 radical (unpaired) electrons. The van der Waals surface area contributed by atoms with Gasteiger partial charge in [-0.2, -0.15) is 20.3 Å². The highest BCUT2D eigenvalue weighted by molar-refractivity contribution is 7.13. The quantitative estimate of drug-likeness (QED) is 0.0327. The van der Waals surface area contributed by atoms with E-state index < -0.39 is 6.10 Å². The standard InChI is InChI=1S/C31H31N5O2.C27H30N4O4.C27H32N4O2.C26H29N5OS/c1-37-26-16-12-24(13-17-26)28-10-7-11-30-33-31(34-36(28)30)32-25-14-18-27(19-15-25)38-22-29(35-20-5-6-21-35)23-8-3-2-4-9-23;1-33-23-11-7-21(8-12-23)25-3-2-4-27-28-26(29-31(25)27)17-20-5-9-24(10-6-20)35-19-22(32)18-30-13-15-34-16-14-30;1-5-30(6-2)16-17-33-25-15-10-21(18-20(25)3)19-26-28-27-9-7-8-24(31(27)29-26)22-11-13-23(32-4)14-12-22;1-19(27-14-17-30-15-3-4-16-30)24-13-12-22(33-24)18-25-28-26-7-5-6-23(31(26)29-25)20-8-10-21(32-2)11-9-20/h2-4,7-19,29H,5-6,20-22H2,1H3,(H,32,34);2-12,22,32H,13-19H2,1H3;7-15,18H,5-6,16-17,19H2,1-4H3;5-13,27H,1,3-4,14-18H2,2H3/t29-;;;/m0.../s1. The van der Waals surface area contributed by atoms with Gasteiger partial charge in [-0.1, -0.05) is 99.3 Å². The van der Waals surface area contributed by atoms with E-state index in [-0.39, 0.29) is 12.6 Å². The molecule has 0 spiro atoms. The van der Waals surface area contributed by atoms with E-state index in [0.717, 1.165) is 220 Å². The van der Waals surface area contributed by atoms with Crippen LogP contribution in [0.25, 0.3) is 73.3 Å². The minimum atomic E-state index is -0.533. The number of methoxy groups -OCH3 is 4. The summed E-state index contributed by atoms with van der Waals surface area (Å²) in [5.74, 6) is 8.74. The van der Waals surface area contributed by atoms with Gasteiger partial charge < -0.3 is 63.4 Å². The average Bonchev–Trinajstić information content (AvgIpc) is 1.69. The second kappa shape index (κ2) is 47.6. The third-order valence-electron chi connectivity index (χ3n) is 25.1. The summed E-state index contributed by atoms with van der Waals surface area (Å²) in [6.45, 7) is 25.8. The first-order valence-electron chi connectivity index (χ1n) is 47.9. The topological polar surface area (TPSA) is 252 Å². The highest BCUT2D eigenvalue weighted by Gasteiger charge is 2.26. The summed E-state index contributed by atoms with van der Waals surface area (Å²) >= 11 is 1.75. The molecule has 1 unspecified atom stereocenters. The number of aromatic nitrogens is 12. The lowest BCUT2D eigenvalue weighted by atomic mass is 10.1. The summed E-state index contributed by atoms with van der Waals surface area (Å²) in [6, 6.07) is 93.4. The second-order valence-corrected chi connectivity index (χ2v) is 35.7. The largest absolute Gasteiger partial charge is 0.497 e. The summed E-state index contributed by atoms with van der Waals surface area (Å²) in [7, 11) is 6.68. The maximum Gasteiger partial charge on any atom is 0.247 e. The van der Waals surface area contributed by atoms with Gasteiger partial charge in [0.2, 0.25) is 5.95 Å². The molecule has 17 aromatic rings. The van der Waals surface area contributed by atoms with Crippen LogP contribution in [-0.2, 0) is 24.0 Å². The molecule has 0 bridgehead atoms. The molecule has 0 aliphatic carbocycles. The minimum absolute atomic E-state index is 0.263. The maximum atomic E-state index is 10.3. The number of pyridine rings is 4. The Bertz CT molecular complexity index is 6770. The highest BCUT2D eigenvalue weighted by atomic mass is 32.1. The Balaban J connectivity index is 0.000000128. The fourth-order valence-corrected chi connectivity index (χ4v) is 18.4. The number of fused-ring (bicyclic) bond motifs is 4. The molecule has 12 heterocycles. The number of aryl methyl sites for hydroxylation is 1. The lowest BCUT2D eigenvalue weighted by molar-refractivity contribution is 0.00465. The van der Waals surface area contributed by atoms with E-state index in [4.69, 9.17) is 73.2 Å². The van der Waals surface area contributed by atoms with Gasteiger partial charge in [-0.15, -0.1) is 16.4 Å². The first kappa shape index (κ1) is 96.3. The summed E-state index contributed by atoms with van der Waals surface area (Å²) < 4.78 is 52.1. The SMILES string of the molecule is C=C(NCCN1CCCC1)c1ccc(Cc2nc3cccc(-c4ccc(OC)cc4)n3n2)s1.CCN(CC)CCOc1ccc(Cc2nc3cccc(-c4ccc(OC)cc4)n3n2)cc1C.COc1ccc(-c2cccc3nc(Cc4ccc(OCC(O)CN5CCOCC5)cc4)nn23)cc1.COc1ccc(-c2cccc3nc(Nc4ccc(OC[C@@H](c5ccccc5)N5CCCC5)cc4)nn23)cc1. The van der Waals surface area contributed by atoms with Crippen molar-refractivity contribution in [3.63, 3.8) is 0 Å². The molecule has 8 aromatic carbocycles. The van der Waals surface area contributed by atoms with Crippen LogP contribution in [-0.4, -0.2) is 229 Å². The van der Waals surface area contributed by atoms with Crippen LogP contribution in [0.2, 0.25) is 0 Å². The lowest BCUT2D eigenvalue weighted by Crippen LogP contribution is -2.42. The molecular formula is C111H122N18O9S. The van der Waals surface area contributed by atoms with Crippen molar-refractivity contribution in [3.8, 4) is 85.3 Å². The molecule has 2 atom stereocenters. The summed E-state index contributed by atoms with van der Waals surface area (Å²) in [5, 5.41) is 36.2. The Hall–Kier alpha value is -14.4. The Morgan fingerprint density at radius 2 is 0.906 bits per heavy atom. The first-order chi connectivity index (χ1) is 68.2. The Morgan fingerprint density at radius 1 is 0.453 bits per heavy atom. The van der Waals surface area contributed by atoms with E-state index in [9.17, 15) is 5.11 Å². The number of nitrogens with zero attached hydrogens (tertiary/aromatic N) is 16. The third kappa shape index (κ3) is 25.5. The van der Waals surface area contributed by atoms with Crippen LogP contribution in [0.1, 0.15) is 95.1 Å².